The van der Waals surface area contributed by atoms with Crippen molar-refractivity contribution in [1.82, 2.24) is 10.0 Å². The zero-order valence-electron chi connectivity index (χ0n) is 12.6. The van der Waals surface area contributed by atoms with Gasteiger partial charge in [-0.05, 0) is 36.9 Å². The molecule has 7 heteroatoms. The largest absolute Gasteiger partial charge is 0.313 e. The molecular formula is C14H23ClN2O2S2. The Hall–Kier alpha value is -0.270. The highest BCUT2D eigenvalue weighted by molar-refractivity contribution is 7.99. The van der Waals surface area contributed by atoms with E-state index >= 15 is 0 Å². The van der Waals surface area contributed by atoms with Crippen molar-refractivity contribution in [3.63, 3.8) is 0 Å². The Bertz CT molecular complexity index is 550. The van der Waals surface area contributed by atoms with Crippen molar-refractivity contribution < 1.29 is 8.42 Å². The lowest BCUT2D eigenvalue weighted by molar-refractivity contribution is 0.571. The average molecular weight is 351 g/mol. The van der Waals surface area contributed by atoms with Crippen LogP contribution in [0.1, 0.15) is 26.3 Å². The molecule has 120 valence electrons. The topological polar surface area (TPSA) is 58.2 Å². The molecule has 0 saturated heterocycles. The van der Waals surface area contributed by atoms with E-state index in [9.17, 15) is 8.42 Å². The fourth-order valence-electron chi connectivity index (χ4n) is 1.79. The van der Waals surface area contributed by atoms with Gasteiger partial charge in [0, 0.05) is 18.3 Å². The van der Waals surface area contributed by atoms with Crippen molar-refractivity contribution in [2.75, 3.05) is 18.1 Å². The standard InChI is InChI=1S/C14H23ClN2O2S2/c1-4-16-9-12-6-7-13(15)14(8-12)21(18,19)17-11(3)10-20-5-2/h6-8,11,16-17H,4-5,9-10H2,1-3H3. The molecule has 2 N–H and O–H groups in total. The van der Waals surface area contributed by atoms with E-state index in [4.69, 9.17) is 11.6 Å². The molecule has 0 aliphatic rings. The van der Waals surface area contributed by atoms with Crippen molar-refractivity contribution in [2.24, 2.45) is 0 Å². The molecule has 1 rings (SSSR count). The van der Waals surface area contributed by atoms with Crippen LogP contribution < -0.4 is 10.0 Å². The van der Waals surface area contributed by atoms with Gasteiger partial charge in [-0.1, -0.05) is 31.5 Å². The van der Waals surface area contributed by atoms with Crippen LogP contribution >= 0.6 is 23.4 Å². The maximum absolute atomic E-state index is 12.4. The molecule has 0 radical (unpaired) electrons. The molecule has 4 nitrogen and oxygen atoms in total. The minimum Gasteiger partial charge on any atom is -0.313 e. The van der Waals surface area contributed by atoms with Crippen LogP contribution in [0.25, 0.3) is 0 Å². The molecule has 0 fully saturated rings. The number of halogens is 1. The van der Waals surface area contributed by atoms with Gasteiger partial charge in [-0.25, -0.2) is 13.1 Å². The summed E-state index contributed by atoms with van der Waals surface area (Å²) in [4.78, 5) is 0.146. The highest BCUT2D eigenvalue weighted by Gasteiger charge is 2.20. The zero-order valence-corrected chi connectivity index (χ0v) is 15.0. The summed E-state index contributed by atoms with van der Waals surface area (Å²) in [7, 11) is -3.59. The number of hydrogen-bond acceptors (Lipinski definition) is 4. The molecule has 0 aromatic heterocycles. The van der Waals surface area contributed by atoms with Crippen molar-refractivity contribution in [2.45, 2.75) is 38.3 Å². The smallest absolute Gasteiger partial charge is 0.242 e. The Labute approximate surface area is 137 Å². The molecule has 0 spiro atoms. The number of rotatable bonds is 9. The molecule has 1 atom stereocenters. The first kappa shape index (κ1) is 18.8. The highest BCUT2D eigenvalue weighted by Crippen LogP contribution is 2.23. The SMILES string of the molecule is CCNCc1ccc(Cl)c(S(=O)(=O)NC(C)CSCC)c1. The van der Waals surface area contributed by atoms with Crippen molar-refractivity contribution in [1.29, 1.82) is 0 Å². The van der Waals surface area contributed by atoms with E-state index in [0.717, 1.165) is 23.6 Å². The molecule has 0 aliphatic carbocycles. The summed E-state index contributed by atoms with van der Waals surface area (Å²) in [5.41, 5.74) is 0.900. The lowest BCUT2D eigenvalue weighted by Crippen LogP contribution is -2.34. The van der Waals surface area contributed by atoms with Gasteiger partial charge in [-0.3, -0.25) is 0 Å². The number of benzene rings is 1. The van der Waals surface area contributed by atoms with Gasteiger partial charge in [-0.15, -0.1) is 0 Å². The van der Waals surface area contributed by atoms with Gasteiger partial charge in [0.05, 0.1) is 5.02 Å². The van der Waals surface area contributed by atoms with Crippen molar-refractivity contribution in [3.05, 3.63) is 28.8 Å². The Morgan fingerprint density at radius 2 is 2.05 bits per heavy atom. The molecule has 1 unspecified atom stereocenters. The Morgan fingerprint density at radius 3 is 2.67 bits per heavy atom. The normalized spacial score (nSPS) is 13.3. The Kier molecular flexibility index (Phi) is 8.05. The molecule has 0 amide bonds. The Morgan fingerprint density at radius 1 is 1.33 bits per heavy atom. The van der Waals surface area contributed by atoms with Crippen molar-refractivity contribution >= 4 is 33.4 Å². The zero-order chi connectivity index (χ0) is 15.9. The molecule has 1 aromatic carbocycles. The number of sulfonamides is 1. The summed E-state index contributed by atoms with van der Waals surface area (Å²) < 4.78 is 27.5. The second kappa shape index (κ2) is 9.00. The van der Waals surface area contributed by atoms with Crippen LogP contribution in [0.15, 0.2) is 23.1 Å². The van der Waals surface area contributed by atoms with Crippen LogP contribution in [0, 0.1) is 0 Å². The first-order chi connectivity index (χ1) is 9.90. The van der Waals surface area contributed by atoms with Crippen LogP contribution in [0.4, 0.5) is 0 Å². The maximum atomic E-state index is 12.4. The van der Waals surface area contributed by atoms with Crippen LogP contribution in [0.2, 0.25) is 5.02 Å². The summed E-state index contributed by atoms with van der Waals surface area (Å²) in [5, 5.41) is 3.42. The monoisotopic (exact) mass is 350 g/mol. The summed E-state index contributed by atoms with van der Waals surface area (Å²) in [6.45, 7) is 7.36. The van der Waals surface area contributed by atoms with Gasteiger partial charge in [0.2, 0.25) is 10.0 Å². The van der Waals surface area contributed by atoms with Gasteiger partial charge < -0.3 is 5.32 Å². The fraction of sp³-hybridized carbons (Fsp3) is 0.571. The lowest BCUT2D eigenvalue weighted by atomic mass is 10.2. The first-order valence-corrected chi connectivity index (χ1v) is 10.0. The van der Waals surface area contributed by atoms with E-state index in [-0.39, 0.29) is 16.0 Å². The third kappa shape index (κ3) is 6.16. The minimum atomic E-state index is -3.59. The molecule has 0 heterocycles. The summed E-state index contributed by atoms with van der Waals surface area (Å²) in [6, 6.07) is 4.97. The third-order valence-corrected chi connectivity index (χ3v) is 6.01. The van der Waals surface area contributed by atoms with Crippen LogP contribution in [0.3, 0.4) is 0 Å². The van der Waals surface area contributed by atoms with Crippen LogP contribution in [-0.4, -0.2) is 32.5 Å². The van der Waals surface area contributed by atoms with Crippen LogP contribution in [-0.2, 0) is 16.6 Å². The number of thioether (sulfide) groups is 1. The van der Waals surface area contributed by atoms with E-state index < -0.39 is 10.0 Å². The predicted octanol–water partition coefficient (Wildman–Crippen LogP) is 2.87. The maximum Gasteiger partial charge on any atom is 0.242 e. The van der Waals surface area contributed by atoms with Gasteiger partial charge >= 0.3 is 0 Å². The first-order valence-electron chi connectivity index (χ1n) is 7.00. The number of hydrogen-bond donors (Lipinski definition) is 2. The van der Waals surface area contributed by atoms with Gasteiger partial charge in [0.25, 0.3) is 0 Å². The molecule has 1 aromatic rings. The average Bonchev–Trinajstić information content (AvgIpc) is 2.43. The molecule has 0 saturated carbocycles. The van der Waals surface area contributed by atoms with Crippen molar-refractivity contribution in [3.8, 4) is 0 Å². The van der Waals surface area contributed by atoms with E-state index in [0.29, 0.717) is 6.54 Å². The molecule has 0 bridgehead atoms. The Balaban J connectivity index is 2.90. The van der Waals surface area contributed by atoms with E-state index in [2.05, 4.69) is 10.0 Å². The summed E-state index contributed by atoms with van der Waals surface area (Å²) in [5.74, 6) is 1.70. The van der Waals surface area contributed by atoms with E-state index in [1.807, 2.05) is 26.8 Å². The predicted molar refractivity (Wildman–Crippen MR) is 91.6 cm³/mol. The highest BCUT2D eigenvalue weighted by atomic mass is 35.5. The summed E-state index contributed by atoms with van der Waals surface area (Å²) in [6.07, 6.45) is 0. The molecule has 0 aliphatic heterocycles. The van der Waals surface area contributed by atoms with Gasteiger partial charge in [0.15, 0.2) is 0 Å². The van der Waals surface area contributed by atoms with E-state index in [1.54, 1.807) is 23.9 Å². The van der Waals surface area contributed by atoms with Gasteiger partial charge in [0.1, 0.15) is 4.90 Å². The van der Waals surface area contributed by atoms with Gasteiger partial charge in [-0.2, -0.15) is 11.8 Å². The molecule has 21 heavy (non-hydrogen) atoms. The summed E-state index contributed by atoms with van der Waals surface area (Å²) >= 11 is 7.76. The van der Waals surface area contributed by atoms with Crippen LogP contribution in [0.5, 0.6) is 0 Å². The number of nitrogens with one attached hydrogen (secondary N) is 2. The minimum absolute atomic E-state index is 0.131. The lowest BCUT2D eigenvalue weighted by Gasteiger charge is -2.15. The second-order valence-corrected chi connectivity index (χ2v) is 8.14. The van der Waals surface area contributed by atoms with E-state index in [1.165, 1.54) is 0 Å². The fourth-order valence-corrected chi connectivity index (χ4v) is 4.36. The molecular weight excluding hydrogens is 328 g/mol. The third-order valence-electron chi connectivity index (χ3n) is 2.79. The quantitative estimate of drug-likeness (QED) is 0.719. The second-order valence-electron chi connectivity index (χ2n) is 4.73.